The highest BCUT2D eigenvalue weighted by Gasteiger charge is 2.03. The van der Waals surface area contributed by atoms with Crippen molar-refractivity contribution in [2.45, 2.75) is 46.6 Å². The van der Waals surface area contributed by atoms with Crippen LogP contribution in [0.4, 0.5) is 5.69 Å². The summed E-state index contributed by atoms with van der Waals surface area (Å²) in [6, 6.07) is 12.8. The van der Waals surface area contributed by atoms with E-state index in [1.165, 1.54) is 24.0 Å². The number of hydrogen-bond donors (Lipinski definition) is 2. The van der Waals surface area contributed by atoms with Crippen molar-refractivity contribution in [3.63, 3.8) is 0 Å². The van der Waals surface area contributed by atoms with Crippen molar-refractivity contribution >= 4 is 5.69 Å². The lowest BCUT2D eigenvalue weighted by Gasteiger charge is -2.10. The van der Waals surface area contributed by atoms with Crippen molar-refractivity contribution in [1.82, 2.24) is 0 Å². The molecule has 0 aromatic heterocycles. The van der Waals surface area contributed by atoms with Gasteiger partial charge in [-0.2, -0.15) is 0 Å². The topological polar surface area (TPSA) is 32.3 Å². The van der Waals surface area contributed by atoms with Crippen LogP contribution in [0.25, 0.3) is 0 Å². The van der Waals surface area contributed by atoms with Gasteiger partial charge in [-0.05, 0) is 61.1 Å². The number of unbranched alkanes of at least 4 members (excludes halogenated alkanes) is 1. The number of benzene rings is 2. The molecule has 2 aromatic rings. The van der Waals surface area contributed by atoms with Crippen LogP contribution in [0.1, 0.15) is 42.0 Å². The molecule has 0 atom stereocenters. The van der Waals surface area contributed by atoms with Gasteiger partial charge in [0.05, 0.1) is 0 Å². The fourth-order valence-corrected chi connectivity index (χ4v) is 2.52. The van der Waals surface area contributed by atoms with Gasteiger partial charge in [-0.3, -0.25) is 0 Å². The Kier molecular flexibility index (Phi) is 5.26. The molecule has 0 heterocycles. The Morgan fingerprint density at radius 2 is 1.57 bits per heavy atom. The minimum atomic E-state index is 0.402. The van der Waals surface area contributed by atoms with Crippen LogP contribution in [0.15, 0.2) is 36.4 Å². The second-order valence-corrected chi connectivity index (χ2v) is 5.73. The van der Waals surface area contributed by atoms with Crippen LogP contribution in [0.3, 0.4) is 0 Å². The fraction of sp³-hybridized carbons (Fsp3) is 0.368. The smallest absolute Gasteiger partial charge is 0.121 e. The molecule has 0 radical (unpaired) electrons. The molecular weight excluding hydrogens is 258 g/mol. The second-order valence-electron chi connectivity index (χ2n) is 5.73. The number of hydrogen-bond acceptors (Lipinski definition) is 2. The molecule has 0 saturated carbocycles. The summed E-state index contributed by atoms with van der Waals surface area (Å²) >= 11 is 0. The number of aryl methyl sites for hydroxylation is 3. The summed E-state index contributed by atoms with van der Waals surface area (Å²) < 4.78 is 0. The van der Waals surface area contributed by atoms with Crippen LogP contribution in [0.2, 0.25) is 0 Å². The summed E-state index contributed by atoms with van der Waals surface area (Å²) in [5.74, 6) is 0.402. The van der Waals surface area contributed by atoms with Crippen LogP contribution >= 0.6 is 0 Å². The minimum Gasteiger partial charge on any atom is -0.507 e. The summed E-state index contributed by atoms with van der Waals surface area (Å²) in [6.07, 6.45) is 3.64. The number of nitrogens with one attached hydrogen (secondary N) is 1. The zero-order chi connectivity index (χ0) is 15.2. The molecule has 0 aliphatic carbocycles. The largest absolute Gasteiger partial charge is 0.507 e. The lowest BCUT2D eigenvalue weighted by molar-refractivity contribution is 0.466. The second kappa shape index (κ2) is 7.16. The predicted molar refractivity (Wildman–Crippen MR) is 90.0 cm³/mol. The number of phenols is 1. The molecule has 2 rings (SSSR count). The molecule has 0 aliphatic rings. The molecule has 0 aliphatic heterocycles. The third-order valence-corrected chi connectivity index (χ3v) is 3.82. The summed E-state index contributed by atoms with van der Waals surface area (Å²) in [4.78, 5) is 0. The Hall–Kier alpha value is -1.96. The van der Waals surface area contributed by atoms with Crippen molar-refractivity contribution in [2.75, 3.05) is 5.32 Å². The fourth-order valence-electron chi connectivity index (χ4n) is 2.52. The molecule has 0 bridgehead atoms. The number of rotatable bonds is 6. The van der Waals surface area contributed by atoms with Crippen LogP contribution < -0.4 is 5.32 Å². The van der Waals surface area contributed by atoms with Crippen LogP contribution in [0, 0.1) is 13.8 Å². The van der Waals surface area contributed by atoms with E-state index < -0.39 is 0 Å². The van der Waals surface area contributed by atoms with E-state index in [1.54, 1.807) is 0 Å². The third kappa shape index (κ3) is 4.25. The Labute approximate surface area is 127 Å². The molecule has 112 valence electrons. The van der Waals surface area contributed by atoms with E-state index in [9.17, 15) is 5.11 Å². The molecule has 0 spiro atoms. The van der Waals surface area contributed by atoms with Crippen molar-refractivity contribution in [3.05, 3.63) is 58.7 Å². The van der Waals surface area contributed by atoms with E-state index >= 15 is 0 Å². The molecule has 21 heavy (non-hydrogen) atoms. The standard InChI is InChI=1S/C19H25NO/c1-4-5-6-16-7-9-18(10-8-16)20-13-17-11-14(2)19(21)15(3)12-17/h7-12,20-21H,4-6,13H2,1-3H3. The molecule has 2 aromatic carbocycles. The van der Waals surface area contributed by atoms with Gasteiger partial charge < -0.3 is 10.4 Å². The van der Waals surface area contributed by atoms with E-state index in [1.807, 2.05) is 26.0 Å². The number of aromatic hydroxyl groups is 1. The predicted octanol–water partition coefficient (Wildman–Crippen LogP) is 4.96. The van der Waals surface area contributed by atoms with Crippen LogP contribution in [0.5, 0.6) is 5.75 Å². The van der Waals surface area contributed by atoms with Gasteiger partial charge in [-0.25, -0.2) is 0 Å². The van der Waals surface area contributed by atoms with Crippen molar-refractivity contribution < 1.29 is 5.11 Å². The summed E-state index contributed by atoms with van der Waals surface area (Å²) in [5, 5.41) is 13.2. The summed E-state index contributed by atoms with van der Waals surface area (Å²) in [7, 11) is 0. The summed E-state index contributed by atoms with van der Waals surface area (Å²) in [5.41, 5.74) is 5.60. The van der Waals surface area contributed by atoms with Gasteiger partial charge in [-0.15, -0.1) is 0 Å². The minimum absolute atomic E-state index is 0.402. The normalized spacial score (nSPS) is 10.6. The first kappa shape index (κ1) is 15.4. The Bertz CT molecular complexity index is 564. The van der Waals surface area contributed by atoms with Gasteiger partial charge in [-0.1, -0.05) is 37.6 Å². The van der Waals surface area contributed by atoms with E-state index in [4.69, 9.17) is 0 Å². The first-order valence-electron chi connectivity index (χ1n) is 7.72. The number of anilines is 1. The highest BCUT2D eigenvalue weighted by Crippen LogP contribution is 2.23. The van der Waals surface area contributed by atoms with Gasteiger partial charge in [0, 0.05) is 12.2 Å². The molecule has 2 N–H and O–H groups in total. The van der Waals surface area contributed by atoms with Gasteiger partial charge >= 0.3 is 0 Å². The molecule has 2 heteroatoms. The monoisotopic (exact) mass is 283 g/mol. The zero-order valence-electron chi connectivity index (χ0n) is 13.2. The van der Waals surface area contributed by atoms with Crippen molar-refractivity contribution in [2.24, 2.45) is 0 Å². The quantitative estimate of drug-likeness (QED) is 0.785. The third-order valence-electron chi connectivity index (χ3n) is 3.82. The Morgan fingerprint density at radius 1 is 0.952 bits per heavy atom. The van der Waals surface area contributed by atoms with Crippen molar-refractivity contribution in [3.8, 4) is 5.75 Å². The van der Waals surface area contributed by atoms with Crippen molar-refractivity contribution in [1.29, 1.82) is 0 Å². The van der Waals surface area contributed by atoms with E-state index in [2.05, 4.69) is 36.5 Å². The first-order chi connectivity index (χ1) is 10.1. The van der Waals surface area contributed by atoms with E-state index in [0.29, 0.717) is 5.75 Å². The Balaban J connectivity index is 1.96. The number of phenolic OH excluding ortho intramolecular Hbond substituents is 1. The average molecular weight is 283 g/mol. The molecule has 0 amide bonds. The van der Waals surface area contributed by atoms with E-state index in [0.717, 1.165) is 29.8 Å². The lowest BCUT2D eigenvalue weighted by atomic mass is 10.1. The first-order valence-corrected chi connectivity index (χ1v) is 7.72. The maximum absolute atomic E-state index is 9.80. The van der Waals surface area contributed by atoms with Gasteiger partial charge in [0.1, 0.15) is 5.75 Å². The molecule has 0 unspecified atom stereocenters. The SMILES string of the molecule is CCCCc1ccc(NCc2cc(C)c(O)c(C)c2)cc1. The maximum atomic E-state index is 9.80. The summed E-state index contributed by atoms with van der Waals surface area (Å²) in [6.45, 7) is 6.87. The van der Waals surface area contributed by atoms with Crippen LogP contribution in [-0.4, -0.2) is 5.11 Å². The molecular formula is C19H25NO. The molecule has 0 fully saturated rings. The highest BCUT2D eigenvalue weighted by atomic mass is 16.3. The Morgan fingerprint density at radius 3 is 2.14 bits per heavy atom. The van der Waals surface area contributed by atoms with Gasteiger partial charge in [0.25, 0.3) is 0 Å². The zero-order valence-corrected chi connectivity index (χ0v) is 13.2. The van der Waals surface area contributed by atoms with E-state index in [-0.39, 0.29) is 0 Å². The average Bonchev–Trinajstić information content (AvgIpc) is 2.49. The molecule has 0 saturated heterocycles. The van der Waals surface area contributed by atoms with Crippen LogP contribution in [-0.2, 0) is 13.0 Å². The lowest BCUT2D eigenvalue weighted by Crippen LogP contribution is -2.00. The van der Waals surface area contributed by atoms with Gasteiger partial charge in [0.15, 0.2) is 0 Å². The highest BCUT2D eigenvalue weighted by molar-refractivity contribution is 5.47. The van der Waals surface area contributed by atoms with Gasteiger partial charge in [0.2, 0.25) is 0 Å². The maximum Gasteiger partial charge on any atom is 0.121 e. The molecule has 2 nitrogen and oxygen atoms in total.